The molecule has 29 heavy (non-hydrogen) atoms. The van der Waals surface area contributed by atoms with Crippen LogP contribution in [-0.4, -0.2) is 24.5 Å². The predicted octanol–water partition coefficient (Wildman–Crippen LogP) is 8.12. The summed E-state index contributed by atoms with van der Waals surface area (Å²) in [6.07, 6.45) is 24.4. The fourth-order valence-electron chi connectivity index (χ4n) is 4.28. The van der Waals surface area contributed by atoms with Crippen molar-refractivity contribution in [3.8, 4) is 0 Å². The van der Waals surface area contributed by atoms with Crippen molar-refractivity contribution in [1.29, 1.82) is 0 Å². The monoisotopic (exact) mass is 405 g/mol. The highest BCUT2D eigenvalue weighted by atomic mass is 16.0. The summed E-state index contributed by atoms with van der Waals surface area (Å²) in [5.74, 6) is 0. The second kappa shape index (κ2) is 20.4. The second-order valence-electron chi connectivity index (χ2n) is 8.98. The lowest BCUT2D eigenvalue weighted by Gasteiger charge is -2.24. The van der Waals surface area contributed by atoms with E-state index in [4.69, 9.17) is 0 Å². The van der Waals surface area contributed by atoms with Crippen LogP contribution < -0.4 is 0 Å². The van der Waals surface area contributed by atoms with Crippen LogP contribution in [0.25, 0.3) is 0 Å². The van der Waals surface area contributed by atoms with Crippen molar-refractivity contribution in [3.05, 3.63) is 35.9 Å². The van der Waals surface area contributed by atoms with Gasteiger partial charge in [0.05, 0.1) is 0 Å². The van der Waals surface area contributed by atoms with Gasteiger partial charge in [-0.1, -0.05) is 140 Å². The van der Waals surface area contributed by atoms with Gasteiger partial charge in [0.25, 0.3) is 0 Å². The first-order valence-corrected chi connectivity index (χ1v) is 12.5. The van der Waals surface area contributed by atoms with Crippen molar-refractivity contribution in [2.24, 2.45) is 0 Å². The van der Waals surface area contributed by atoms with E-state index in [0.717, 1.165) is 0 Å². The Morgan fingerprint density at radius 3 is 1.34 bits per heavy atom. The molecular weight excluding hydrogens is 354 g/mol. The van der Waals surface area contributed by atoms with Gasteiger partial charge in [0.1, 0.15) is 0 Å². The van der Waals surface area contributed by atoms with Gasteiger partial charge < -0.3 is 10.4 Å². The fraction of sp³-hybridized carbons (Fsp3) is 0.778. The van der Waals surface area contributed by atoms with E-state index in [1.807, 2.05) is 0 Å². The van der Waals surface area contributed by atoms with E-state index < -0.39 is 0 Å². The van der Waals surface area contributed by atoms with Gasteiger partial charge in [-0.15, -0.1) is 0 Å². The van der Waals surface area contributed by atoms with E-state index >= 15 is 0 Å². The number of unbranched alkanes of at least 4 members (excludes halogenated alkanes) is 15. The zero-order valence-electron chi connectivity index (χ0n) is 19.9. The molecule has 0 aromatic heterocycles. The molecule has 2 N–H and O–H groups in total. The Kier molecular flexibility index (Phi) is 19.8. The number of hydrogen-bond donors (Lipinski definition) is 0. The molecule has 170 valence electrons. The Hall–Kier alpha value is -0.860. The molecule has 0 bridgehead atoms. The van der Waals surface area contributed by atoms with Gasteiger partial charge in [-0.25, -0.2) is 0 Å². The average Bonchev–Trinajstić information content (AvgIpc) is 2.70. The quantitative estimate of drug-likeness (QED) is 0.214. The highest BCUT2D eigenvalue weighted by Crippen LogP contribution is 2.24. The van der Waals surface area contributed by atoms with Crippen molar-refractivity contribution in [2.45, 2.75) is 122 Å². The van der Waals surface area contributed by atoms with E-state index in [2.05, 4.69) is 56.3 Å². The molecule has 0 heterocycles. The molecule has 1 aromatic carbocycles. The van der Waals surface area contributed by atoms with Crippen LogP contribution in [0.1, 0.15) is 128 Å². The molecule has 0 radical (unpaired) electrons. The Morgan fingerprint density at radius 2 is 0.966 bits per heavy atom. The van der Waals surface area contributed by atoms with Crippen molar-refractivity contribution in [2.75, 3.05) is 14.1 Å². The summed E-state index contributed by atoms with van der Waals surface area (Å²) in [5.41, 5.74) is 1.47. The Balaban J connectivity index is 0.00000784. The molecule has 2 heteroatoms. The molecule has 0 fully saturated rings. The first kappa shape index (κ1) is 28.1. The van der Waals surface area contributed by atoms with Crippen molar-refractivity contribution in [1.82, 2.24) is 4.90 Å². The normalized spacial score (nSPS) is 12.1. The molecule has 0 saturated carbocycles. The molecular formula is C27H51NO. The minimum Gasteiger partial charge on any atom is -0.412 e. The molecule has 1 rings (SSSR count). The molecule has 0 spiro atoms. The minimum absolute atomic E-state index is 0. The molecule has 2 nitrogen and oxygen atoms in total. The maximum Gasteiger partial charge on any atom is 0.0342 e. The molecule has 1 atom stereocenters. The van der Waals surface area contributed by atoms with Crippen LogP contribution in [0.3, 0.4) is 0 Å². The summed E-state index contributed by atoms with van der Waals surface area (Å²) in [6, 6.07) is 11.6. The van der Waals surface area contributed by atoms with Crippen LogP contribution in [0.15, 0.2) is 30.3 Å². The van der Waals surface area contributed by atoms with E-state index in [0.29, 0.717) is 6.04 Å². The predicted molar refractivity (Wildman–Crippen MR) is 131 cm³/mol. The average molecular weight is 406 g/mol. The Labute approximate surface area is 182 Å². The minimum atomic E-state index is 0. The first-order chi connectivity index (χ1) is 13.8. The maximum atomic E-state index is 2.38. The van der Waals surface area contributed by atoms with E-state index in [1.54, 1.807) is 0 Å². The zero-order chi connectivity index (χ0) is 20.3. The largest absolute Gasteiger partial charge is 0.412 e. The Morgan fingerprint density at radius 1 is 0.586 bits per heavy atom. The highest BCUT2D eigenvalue weighted by Gasteiger charge is 2.12. The van der Waals surface area contributed by atoms with Crippen molar-refractivity contribution < 1.29 is 5.48 Å². The van der Waals surface area contributed by atoms with E-state index in [-0.39, 0.29) is 5.48 Å². The maximum absolute atomic E-state index is 2.38. The molecule has 1 unspecified atom stereocenters. The van der Waals surface area contributed by atoms with Gasteiger partial charge in [0.2, 0.25) is 0 Å². The summed E-state index contributed by atoms with van der Waals surface area (Å²) in [5, 5.41) is 0. The van der Waals surface area contributed by atoms with Gasteiger partial charge >= 0.3 is 0 Å². The van der Waals surface area contributed by atoms with Crippen LogP contribution in [-0.2, 0) is 0 Å². The molecule has 0 amide bonds. The van der Waals surface area contributed by atoms with E-state index in [1.165, 1.54) is 115 Å². The van der Waals surface area contributed by atoms with Gasteiger partial charge in [-0.2, -0.15) is 0 Å². The lowest BCUT2D eigenvalue weighted by molar-refractivity contribution is 0.276. The first-order valence-electron chi connectivity index (χ1n) is 12.5. The molecule has 1 aromatic rings. The standard InChI is InChI=1S/C27H49N.H2O/c1-4-5-6-7-8-9-10-11-12-13-14-15-16-17-18-22-25-27(28(2)3)26-23-20-19-21-24-26;/h19-21,23-24,27H,4-18,22,25H2,1-3H3;1H2. The van der Waals surface area contributed by atoms with Crippen molar-refractivity contribution >= 4 is 0 Å². The summed E-state index contributed by atoms with van der Waals surface area (Å²) < 4.78 is 0. The van der Waals surface area contributed by atoms with Crippen LogP contribution in [0.5, 0.6) is 0 Å². The van der Waals surface area contributed by atoms with Crippen LogP contribution in [0.4, 0.5) is 0 Å². The Bertz CT molecular complexity index is 431. The second-order valence-corrected chi connectivity index (χ2v) is 8.98. The van der Waals surface area contributed by atoms with Gasteiger partial charge in [0, 0.05) is 6.04 Å². The van der Waals surface area contributed by atoms with Crippen LogP contribution in [0, 0.1) is 0 Å². The van der Waals surface area contributed by atoms with Gasteiger partial charge in [-0.05, 0) is 26.1 Å². The smallest absolute Gasteiger partial charge is 0.0342 e. The zero-order valence-corrected chi connectivity index (χ0v) is 19.9. The summed E-state index contributed by atoms with van der Waals surface area (Å²) in [6.45, 7) is 2.30. The number of benzene rings is 1. The van der Waals surface area contributed by atoms with Crippen LogP contribution in [0.2, 0.25) is 0 Å². The molecule has 0 aliphatic carbocycles. The van der Waals surface area contributed by atoms with Gasteiger partial charge in [0.15, 0.2) is 0 Å². The summed E-state index contributed by atoms with van der Waals surface area (Å²) in [7, 11) is 4.42. The third-order valence-electron chi connectivity index (χ3n) is 6.14. The van der Waals surface area contributed by atoms with E-state index in [9.17, 15) is 0 Å². The third-order valence-corrected chi connectivity index (χ3v) is 6.14. The summed E-state index contributed by atoms with van der Waals surface area (Å²) in [4.78, 5) is 2.38. The SMILES string of the molecule is CCCCCCCCCCCCCCCCCCC(c1ccccc1)N(C)C.O. The molecule has 0 aliphatic heterocycles. The molecule has 0 aliphatic rings. The fourth-order valence-corrected chi connectivity index (χ4v) is 4.28. The van der Waals surface area contributed by atoms with Crippen LogP contribution >= 0.6 is 0 Å². The lowest BCUT2D eigenvalue weighted by Crippen LogP contribution is -2.19. The number of rotatable bonds is 19. The molecule has 0 saturated heterocycles. The lowest BCUT2D eigenvalue weighted by atomic mass is 9.98. The van der Waals surface area contributed by atoms with Gasteiger partial charge in [-0.3, -0.25) is 0 Å². The topological polar surface area (TPSA) is 34.7 Å². The summed E-state index contributed by atoms with van der Waals surface area (Å²) >= 11 is 0. The highest BCUT2D eigenvalue weighted by molar-refractivity contribution is 5.18. The number of hydrogen-bond acceptors (Lipinski definition) is 1. The third kappa shape index (κ3) is 15.6. The number of nitrogens with zero attached hydrogens (tertiary/aromatic N) is 1. The van der Waals surface area contributed by atoms with Crippen molar-refractivity contribution in [3.63, 3.8) is 0 Å².